The number of carbonyl (C=O) groups excluding carboxylic acids is 1. The highest BCUT2D eigenvalue weighted by molar-refractivity contribution is 5.89. The van der Waals surface area contributed by atoms with Crippen LogP contribution in [0, 0.1) is 15.5 Å². The number of carboxylic acids is 1. The number of amides is 2. The van der Waals surface area contributed by atoms with E-state index in [1.807, 2.05) is 0 Å². The average Bonchev–Trinajstić information content (AvgIpc) is 2.37. The normalized spacial score (nSPS) is 10.7. The maximum Gasteiger partial charge on any atom is 0.319 e. The van der Waals surface area contributed by atoms with Crippen molar-refractivity contribution in [3.8, 4) is 0 Å². The van der Waals surface area contributed by atoms with Gasteiger partial charge in [-0.3, -0.25) is 14.9 Å². The van der Waals surface area contributed by atoms with Crippen molar-refractivity contribution >= 4 is 23.4 Å². The molecular formula is C12H15N3O5. The number of carboxylic acid groups (broad SMARTS) is 1. The zero-order valence-corrected chi connectivity index (χ0v) is 11.0. The van der Waals surface area contributed by atoms with Gasteiger partial charge < -0.3 is 15.7 Å². The molecule has 20 heavy (non-hydrogen) atoms. The quantitative estimate of drug-likeness (QED) is 0.561. The molecule has 0 fully saturated rings. The molecule has 0 heterocycles. The summed E-state index contributed by atoms with van der Waals surface area (Å²) in [5.41, 5.74) is -0.781. The number of nitro benzene ring substituents is 1. The number of nitrogens with zero attached hydrogens (tertiary/aromatic N) is 1. The Morgan fingerprint density at radius 3 is 2.30 bits per heavy atom. The van der Waals surface area contributed by atoms with Crippen molar-refractivity contribution in [2.45, 2.75) is 13.8 Å². The van der Waals surface area contributed by atoms with Crippen molar-refractivity contribution in [2.75, 3.05) is 11.9 Å². The number of aliphatic carboxylic acids is 1. The van der Waals surface area contributed by atoms with Crippen LogP contribution in [-0.2, 0) is 4.79 Å². The topological polar surface area (TPSA) is 122 Å². The number of rotatable bonds is 5. The van der Waals surface area contributed by atoms with E-state index in [9.17, 15) is 19.7 Å². The van der Waals surface area contributed by atoms with Gasteiger partial charge in [0.1, 0.15) is 0 Å². The first-order chi connectivity index (χ1) is 9.22. The lowest BCUT2D eigenvalue weighted by Crippen LogP contribution is -2.40. The molecule has 0 aromatic heterocycles. The highest BCUT2D eigenvalue weighted by Gasteiger charge is 2.27. The molecule has 8 heteroatoms. The van der Waals surface area contributed by atoms with Gasteiger partial charge in [0.25, 0.3) is 5.69 Å². The molecule has 1 aromatic carbocycles. The van der Waals surface area contributed by atoms with Gasteiger partial charge in [0.2, 0.25) is 0 Å². The van der Waals surface area contributed by atoms with E-state index in [1.54, 1.807) is 0 Å². The predicted octanol–water partition coefficient (Wildman–Crippen LogP) is 1.83. The zero-order chi connectivity index (χ0) is 15.3. The molecule has 3 N–H and O–H groups in total. The van der Waals surface area contributed by atoms with Crippen LogP contribution in [0.5, 0.6) is 0 Å². The third-order valence-corrected chi connectivity index (χ3v) is 2.61. The van der Waals surface area contributed by atoms with Gasteiger partial charge >= 0.3 is 12.0 Å². The van der Waals surface area contributed by atoms with Crippen LogP contribution in [0.2, 0.25) is 0 Å². The van der Waals surface area contributed by atoms with Gasteiger partial charge in [0.05, 0.1) is 10.3 Å². The van der Waals surface area contributed by atoms with E-state index >= 15 is 0 Å². The van der Waals surface area contributed by atoms with Crippen LogP contribution in [-0.4, -0.2) is 28.6 Å². The second-order valence-corrected chi connectivity index (χ2v) is 4.80. The summed E-state index contributed by atoms with van der Waals surface area (Å²) in [5, 5.41) is 24.2. The maximum absolute atomic E-state index is 11.6. The minimum atomic E-state index is -1.08. The van der Waals surface area contributed by atoms with Crippen molar-refractivity contribution in [2.24, 2.45) is 5.41 Å². The molecule has 1 aromatic rings. The average molecular weight is 281 g/mol. The van der Waals surface area contributed by atoms with E-state index in [0.717, 1.165) is 0 Å². The van der Waals surface area contributed by atoms with E-state index in [1.165, 1.54) is 38.1 Å². The van der Waals surface area contributed by atoms with Crippen LogP contribution in [0.3, 0.4) is 0 Å². The molecule has 0 spiro atoms. The molecule has 8 nitrogen and oxygen atoms in total. The Hall–Kier alpha value is -2.64. The first-order valence-electron chi connectivity index (χ1n) is 5.75. The summed E-state index contributed by atoms with van der Waals surface area (Å²) in [6, 6.07) is 4.72. The largest absolute Gasteiger partial charge is 0.481 e. The van der Waals surface area contributed by atoms with Gasteiger partial charge in [-0.25, -0.2) is 4.79 Å². The van der Waals surface area contributed by atoms with Crippen molar-refractivity contribution < 1.29 is 19.6 Å². The lowest BCUT2D eigenvalue weighted by atomic mass is 9.94. The van der Waals surface area contributed by atoms with Crippen LogP contribution in [0.15, 0.2) is 24.3 Å². The number of anilines is 1. The molecule has 0 saturated heterocycles. The lowest BCUT2D eigenvalue weighted by Gasteiger charge is -2.19. The molecular weight excluding hydrogens is 266 g/mol. The van der Waals surface area contributed by atoms with Crippen LogP contribution in [0.4, 0.5) is 16.2 Å². The lowest BCUT2D eigenvalue weighted by molar-refractivity contribution is -0.384. The number of nitrogens with one attached hydrogen (secondary N) is 2. The second-order valence-electron chi connectivity index (χ2n) is 4.80. The van der Waals surface area contributed by atoms with Crippen molar-refractivity contribution in [1.82, 2.24) is 5.32 Å². The Morgan fingerprint density at radius 1 is 1.30 bits per heavy atom. The fraction of sp³-hybridized carbons (Fsp3) is 0.333. The standard InChI is InChI=1S/C12H15N3O5/c1-12(2,10(16)17)7-13-11(18)14-8-3-5-9(6-4-8)15(19)20/h3-6H,7H2,1-2H3,(H,16,17)(H2,13,14,18). The molecule has 0 unspecified atom stereocenters. The molecule has 0 aliphatic carbocycles. The minimum absolute atomic E-state index is 0.0405. The van der Waals surface area contributed by atoms with Gasteiger partial charge in [0, 0.05) is 24.4 Å². The van der Waals surface area contributed by atoms with Gasteiger partial charge in [-0.05, 0) is 26.0 Å². The summed E-state index contributed by atoms with van der Waals surface area (Å²) in [4.78, 5) is 32.3. The van der Waals surface area contributed by atoms with Crippen LogP contribution >= 0.6 is 0 Å². The smallest absolute Gasteiger partial charge is 0.319 e. The molecule has 1 rings (SSSR count). The first-order valence-corrected chi connectivity index (χ1v) is 5.75. The van der Waals surface area contributed by atoms with Crippen molar-refractivity contribution in [1.29, 1.82) is 0 Å². The highest BCUT2D eigenvalue weighted by Crippen LogP contribution is 2.16. The van der Waals surface area contributed by atoms with Gasteiger partial charge in [-0.2, -0.15) is 0 Å². The monoisotopic (exact) mass is 281 g/mol. The molecule has 0 atom stereocenters. The molecule has 2 amide bonds. The van der Waals surface area contributed by atoms with E-state index in [0.29, 0.717) is 5.69 Å². The summed E-state index contributed by atoms with van der Waals surface area (Å²) in [6.07, 6.45) is 0. The van der Waals surface area contributed by atoms with E-state index in [2.05, 4.69) is 10.6 Å². The summed E-state index contributed by atoms with van der Waals surface area (Å²) in [6.45, 7) is 2.93. The number of hydrogen-bond acceptors (Lipinski definition) is 4. The molecule has 0 bridgehead atoms. The first kappa shape index (κ1) is 15.4. The van der Waals surface area contributed by atoms with E-state index in [-0.39, 0.29) is 12.2 Å². The van der Waals surface area contributed by atoms with Crippen LogP contribution in [0.1, 0.15) is 13.8 Å². The third-order valence-electron chi connectivity index (χ3n) is 2.61. The number of benzene rings is 1. The van der Waals surface area contributed by atoms with Gasteiger partial charge in [-0.1, -0.05) is 0 Å². The fourth-order valence-electron chi connectivity index (χ4n) is 1.22. The molecule has 0 saturated carbocycles. The Bertz CT molecular complexity index is 524. The molecule has 0 radical (unpaired) electrons. The maximum atomic E-state index is 11.6. The van der Waals surface area contributed by atoms with Gasteiger partial charge in [0.15, 0.2) is 0 Å². The highest BCUT2D eigenvalue weighted by atomic mass is 16.6. The Morgan fingerprint density at radius 2 is 1.85 bits per heavy atom. The SMILES string of the molecule is CC(C)(CNC(=O)Nc1ccc([N+](=O)[O-])cc1)C(=O)O. The molecule has 0 aliphatic heterocycles. The van der Waals surface area contributed by atoms with Crippen molar-refractivity contribution in [3.05, 3.63) is 34.4 Å². The van der Waals surface area contributed by atoms with E-state index in [4.69, 9.17) is 5.11 Å². The predicted molar refractivity (Wildman–Crippen MR) is 71.5 cm³/mol. The zero-order valence-electron chi connectivity index (χ0n) is 11.0. The Kier molecular flexibility index (Phi) is 4.63. The van der Waals surface area contributed by atoms with Gasteiger partial charge in [-0.15, -0.1) is 0 Å². The number of urea groups is 1. The third kappa shape index (κ3) is 4.23. The van der Waals surface area contributed by atoms with Crippen LogP contribution in [0.25, 0.3) is 0 Å². The molecule has 108 valence electrons. The number of nitro groups is 1. The molecule has 0 aliphatic rings. The van der Waals surface area contributed by atoms with E-state index < -0.39 is 22.3 Å². The number of hydrogen-bond donors (Lipinski definition) is 3. The summed E-state index contributed by atoms with van der Waals surface area (Å²) >= 11 is 0. The fourth-order valence-corrected chi connectivity index (χ4v) is 1.22. The number of non-ortho nitro benzene ring substituents is 1. The summed E-state index contributed by atoms with van der Waals surface area (Å²) in [5.74, 6) is -1.02. The van der Waals surface area contributed by atoms with Crippen LogP contribution < -0.4 is 10.6 Å². The summed E-state index contributed by atoms with van der Waals surface area (Å²) < 4.78 is 0. The Balaban J connectivity index is 2.54. The Labute approximate surface area is 114 Å². The summed E-state index contributed by atoms with van der Waals surface area (Å²) in [7, 11) is 0. The minimum Gasteiger partial charge on any atom is -0.481 e. The second kappa shape index (κ2) is 6.00. The number of carbonyl (C=O) groups is 2. The van der Waals surface area contributed by atoms with Crippen molar-refractivity contribution in [3.63, 3.8) is 0 Å².